The monoisotopic (exact) mass is 271 g/mol. The van der Waals surface area contributed by atoms with Crippen LogP contribution >= 0.6 is 0 Å². The van der Waals surface area contributed by atoms with Crippen LogP contribution < -0.4 is 10.6 Å². The highest BCUT2D eigenvalue weighted by atomic mass is 15.2. The van der Waals surface area contributed by atoms with Crippen LogP contribution in [0.25, 0.3) is 0 Å². The molecule has 0 amide bonds. The van der Waals surface area contributed by atoms with Crippen molar-refractivity contribution in [1.82, 2.24) is 0 Å². The third kappa shape index (κ3) is 3.13. The summed E-state index contributed by atoms with van der Waals surface area (Å²) in [5.74, 6) is 0. The summed E-state index contributed by atoms with van der Waals surface area (Å²) in [5, 5.41) is 9.14. The van der Waals surface area contributed by atoms with Crippen molar-refractivity contribution < 1.29 is 0 Å². The molecule has 0 aliphatic carbocycles. The summed E-state index contributed by atoms with van der Waals surface area (Å²) in [7, 11) is 0. The number of benzene rings is 1. The molecule has 0 fully saturated rings. The molecule has 2 unspecified atom stereocenters. The van der Waals surface area contributed by atoms with E-state index in [-0.39, 0.29) is 0 Å². The Hall–Kier alpha value is -1.53. The minimum Gasteiger partial charge on any atom is -0.369 e. The zero-order valence-corrected chi connectivity index (χ0v) is 12.6. The van der Waals surface area contributed by atoms with Crippen molar-refractivity contribution in [3.8, 4) is 6.07 Å². The predicted octanol–water partition coefficient (Wildman–Crippen LogP) is 3.24. The quantitative estimate of drug-likeness (QED) is 0.894. The molecular weight excluding hydrogens is 246 g/mol. The van der Waals surface area contributed by atoms with Gasteiger partial charge in [0, 0.05) is 18.3 Å². The van der Waals surface area contributed by atoms with Crippen molar-refractivity contribution in [2.75, 3.05) is 11.4 Å². The Morgan fingerprint density at radius 1 is 1.45 bits per heavy atom. The molecule has 1 aliphatic heterocycles. The summed E-state index contributed by atoms with van der Waals surface area (Å²) in [5.41, 5.74) is 8.22. The van der Waals surface area contributed by atoms with Crippen LogP contribution in [0.5, 0.6) is 0 Å². The molecule has 0 radical (unpaired) electrons. The fraction of sp³-hybridized carbons (Fsp3) is 0.588. The second-order valence-electron chi connectivity index (χ2n) is 5.93. The van der Waals surface area contributed by atoms with Crippen LogP contribution in [0.3, 0.4) is 0 Å². The number of nitrogens with two attached hydrogens (primary N) is 1. The maximum Gasteiger partial charge on any atom is 0.104 e. The van der Waals surface area contributed by atoms with Gasteiger partial charge in [0.1, 0.15) is 5.54 Å². The summed E-state index contributed by atoms with van der Waals surface area (Å²) in [6.07, 6.45) is 4.83. The lowest BCUT2D eigenvalue weighted by Gasteiger charge is -2.37. The van der Waals surface area contributed by atoms with Gasteiger partial charge < -0.3 is 10.6 Å². The van der Waals surface area contributed by atoms with Crippen LogP contribution in [-0.2, 0) is 6.42 Å². The lowest BCUT2D eigenvalue weighted by Crippen LogP contribution is -2.41. The number of para-hydroxylation sites is 1. The minimum absolute atomic E-state index is 0.570. The minimum atomic E-state index is -0.654. The normalized spacial score (nSPS) is 20.9. The van der Waals surface area contributed by atoms with E-state index in [1.807, 2.05) is 6.92 Å². The summed E-state index contributed by atoms with van der Waals surface area (Å²) >= 11 is 0. The van der Waals surface area contributed by atoms with Gasteiger partial charge >= 0.3 is 0 Å². The molecular formula is C17H25N3. The van der Waals surface area contributed by atoms with Crippen LogP contribution in [0.2, 0.25) is 0 Å². The van der Waals surface area contributed by atoms with Gasteiger partial charge in [-0.2, -0.15) is 5.26 Å². The standard InChI is InChI=1S/C17H25N3/c1-3-17(19,13-18)11-6-12-20-14(2)9-10-15-7-4-5-8-16(15)20/h4-5,7-8,14H,3,6,9-12,19H2,1-2H3. The Kier molecular flexibility index (Phi) is 4.67. The maximum absolute atomic E-state index is 9.14. The topological polar surface area (TPSA) is 53.1 Å². The van der Waals surface area contributed by atoms with Gasteiger partial charge in [-0.3, -0.25) is 0 Å². The van der Waals surface area contributed by atoms with Gasteiger partial charge in [-0.1, -0.05) is 25.1 Å². The van der Waals surface area contributed by atoms with E-state index in [0.717, 1.165) is 25.8 Å². The molecule has 0 saturated heterocycles. The van der Waals surface area contributed by atoms with Crippen molar-refractivity contribution in [3.63, 3.8) is 0 Å². The van der Waals surface area contributed by atoms with Crippen LogP contribution in [0.4, 0.5) is 5.69 Å². The van der Waals surface area contributed by atoms with Crippen molar-refractivity contribution in [2.45, 2.75) is 57.5 Å². The van der Waals surface area contributed by atoms with Gasteiger partial charge in [-0.15, -0.1) is 0 Å². The molecule has 0 bridgehead atoms. The molecule has 1 heterocycles. The molecule has 3 nitrogen and oxygen atoms in total. The Morgan fingerprint density at radius 2 is 2.20 bits per heavy atom. The number of aryl methyl sites for hydroxylation is 1. The van der Waals surface area contributed by atoms with E-state index in [2.05, 4.69) is 42.2 Å². The van der Waals surface area contributed by atoms with Gasteiger partial charge in [-0.25, -0.2) is 0 Å². The number of hydrogen-bond acceptors (Lipinski definition) is 3. The zero-order chi connectivity index (χ0) is 14.6. The first kappa shape index (κ1) is 14.9. The average Bonchev–Trinajstić information content (AvgIpc) is 2.49. The molecule has 1 aromatic rings. The maximum atomic E-state index is 9.14. The zero-order valence-electron chi connectivity index (χ0n) is 12.6. The lowest BCUT2D eigenvalue weighted by atomic mass is 9.92. The Balaban J connectivity index is 2.01. The number of nitriles is 1. The average molecular weight is 271 g/mol. The molecule has 0 aromatic heterocycles. The van der Waals surface area contributed by atoms with E-state index in [4.69, 9.17) is 11.0 Å². The van der Waals surface area contributed by atoms with Gasteiger partial charge in [0.25, 0.3) is 0 Å². The number of hydrogen-bond donors (Lipinski definition) is 1. The second kappa shape index (κ2) is 6.28. The largest absolute Gasteiger partial charge is 0.369 e. The summed E-state index contributed by atoms with van der Waals surface area (Å²) in [4.78, 5) is 2.48. The predicted molar refractivity (Wildman–Crippen MR) is 83.6 cm³/mol. The highest BCUT2D eigenvalue weighted by molar-refractivity contribution is 5.56. The smallest absolute Gasteiger partial charge is 0.104 e. The SMILES string of the molecule is CCC(N)(C#N)CCCN1c2ccccc2CCC1C. The van der Waals surface area contributed by atoms with Crippen LogP contribution in [-0.4, -0.2) is 18.1 Å². The summed E-state index contributed by atoms with van der Waals surface area (Å²) in [6, 6.07) is 11.5. The van der Waals surface area contributed by atoms with Crippen molar-refractivity contribution in [3.05, 3.63) is 29.8 Å². The van der Waals surface area contributed by atoms with Crippen molar-refractivity contribution in [2.24, 2.45) is 5.73 Å². The van der Waals surface area contributed by atoms with Gasteiger partial charge in [0.05, 0.1) is 6.07 Å². The Bertz CT molecular complexity index is 491. The number of fused-ring (bicyclic) bond motifs is 1. The fourth-order valence-corrected chi connectivity index (χ4v) is 2.98. The van der Waals surface area contributed by atoms with E-state index in [0.29, 0.717) is 6.04 Å². The molecule has 3 heteroatoms. The van der Waals surface area contributed by atoms with Crippen LogP contribution in [0.15, 0.2) is 24.3 Å². The van der Waals surface area contributed by atoms with Crippen molar-refractivity contribution in [1.29, 1.82) is 5.26 Å². The summed E-state index contributed by atoms with van der Waals surface area (Å²) < 4.78 is 0. The number of rotatable bonds is 5. The highest BCUT2D eigenvalue weighted by Gasteiger charge is 2.25. The number of nitrogens with zero attached hydrogens (tertiary/aromatic N) is 2. The van der Waals surface area contributed by atoms with E-state index in [1.165, 1.54) is 24.1 Å². The highest BCUT2D eigenvalue weighted by Crippen LogP contribution is 2.30. The van der Waals surface area contributed by atoms with E-state index in [9.17, 15) is 0 Å². The van der Waals surface area contributed by atoms with E-state index in [1.54, 1.807) is 0 Å². The fourth-order valence-electron chi connectivity index (χ4n) is 2.98. The molecule has 2 rings (SSSR count). The molecule has 20 heavy (non-hydrogen) atoms. The molecule has 1 aromatic carbocycles. The Morgan fingerprint density at radius 3 is 2.90 bits per heavy atom. The second-order valence-corrected chi connectivity index (χ2v) is 5.93. The molecule has 0 saturated carbocycles. The lowest BCUT2D eigenvalue weighted by molar-refractivity contribution is 0.452. The first-order valence-electron chi connectivity index (χ1n) is 7.64. The van der Waals surface area contributed by atoms with E-state index < -0.39 is 5.54 Å². The first-order chi connectivity index (χ1) is 9.59. The third-order valence-corrected chi connectivity index (χ3v) is 4.54. The van der Waals surface area contributed by atoms with Crippen LogP contribution in [0.1, 0.15) is 45.1 Å². The van der Waals surface area contributed by atoms with Gasteiger partial charge in [-0.05, 0) is 50.7 Å². The molecule has 1 aliphatic rings. The van der Waals surface area contributed by atoms with Gasteiger partial charge in [0.15, 0.2) is 0 Å². The Labute approximate surface area is 122 Å². The molecule has 2 N–H and O–H groups in total. The summed E-state index contributed by atoms with van der Waals surface area (Å²) in [6.45, 7) is 5.26. The number of anilines is 1. The first-order valence-corrected chi connectivity index (χ1v) is 7.64. The molecule has 108 valence electrons. The van der Waals surface area contributed by atoms with E-state index >= 15 is 0 Å². The molecule has 0 spiro atoms. The van der Waals surface area contributed by atoms with Crippen molar-refractivity contribution >= 4 is 5.69 Å². The third-order valence-electron chi connectivity index (χ3n) is 4.54. The van der Waals surface area contributed by atoms with Crippen LogP contribution in [0, 0.1) is 11.3 Å². The van der Waals surface area contributed by atoms with Gasteiger partial charge in [0.2, 0.25) is 0 Å². The molecule has 2 atom stereocenters.